The Labute approximate surface area is 158 Å². The van der Waals surface area contributed by atoms with Gasteiger partial charge in [-0.05, 0) is 52.0 Å². The van der Waals surface area contributed by atoms with Crippen LogP contribution >= 0.6 is 11.3 Å². The monoisotopic (exact) mass is 376 g/mol. The van der Waals surface area contributed by atoms with E-state index in [1.54, 1.807) is 7.05 Å². The molecule has 0 aliphatic rings. The summed E-state index contributed by atoms with van der Waals surface area (Å²) in [6, 6.07) is 0.104. The minimum Gasteiger partial charge on any atom is -0.349 e. The maximum absolute atomic E-state index is 12.6. The van der Waals surface area contributed by atoms with Crippen LogP contribution < -0.4 is 10.9 Å². The Balaban J connectivity index is 2.30. The molecule has 0 saturated heterocycles. The molecule has 0 spiro atoms. The number of hydrogen-bond acceptors (Lipinski definition) is 5. The standard InChI is InChI=1S/C19H28N4O2S/c1-10(2)8-9-11(3)20-17(24)16-14(6)21-18(26-16)15-12(4)13(5)22-23(7)19(15)25/h10-11H,8-9H2,1-7H3,(H,20,24). The number of nitrogens with zero attached hydrogens (tertiary/aromatic N) is 3. The van der Waals surface area contributed by atoms with E-state index in [1.807, 2.05) is 27.7 Å². The molecule has 142 valence electrons. The lowest BCUT2D eigenvalue weighted by Gasteiger charge is -2.14. The summed E-state index contributed by atoms with van der Waals surface area (Å²) in [7, 11) is 1.63. The van der Waals surface area contributed by atoms with Gasteiger partial charge in [-0.3, -0.25) is 9.59 Å². The Morgan fingerprint density at radius 1 is 1.15 bits per heavy atom. The van der Waals surface area contributed by atoms with E-state index >= 15 is 0 Å². The topological polar surface area (TPSA) is 76.9 Å². The largest absolute Gasteiger partial charge is 0.349 e. The quantitative estimate of drug-likeness (QED) is 0.838. The van der Waals surface area contributed by atoms with E-state index in [2.05, 4.69) is 29.2 Å². The molecule has 1 atom stereocenters. The second-order valence-electron chi connectivity index (χ2n) is 7.29. The molecule has 0 aliphatic heterocycles. The molecule has 1 N–H and O–H groups in total. The Morgan fingerprint density at radius 2 is 1.81 bits per heavy atom. The number of aryl methyl sites for hydroxylation is 3. The van der Waals surface area contributed by atoms with E-state index in [1.165, 1.54) is 16.0 Å². The third kappa shape index (κ3) is 4.38. The van der Waals surface area contributed by atoms with Gasteiger partial charge < -0.3 is 5.32 Å². The SMILES string of the molecule is Cc1nc(-c2c(C)c(C)nn(C)c2=O)sc1C(=O)NC(C)CCC(C)C. The van der Waals surface area contributed by atoms with E-state index in [0.717, 1.165) is 24.1 Å². The lowest BCUT2D eigenvalue weighted by atomic mass is 10.0. The zero-order valence-corrected chi connectivity index (χ0v) is 17.5. The molecule has 2 aromatic rings. The lowest BCUT2D eigenvalue weighted by Crippen LogP contribution is -2.32. The van der Waals surface area contributed by atoms with E-state index < -0.39 is 0 Å². The van der Waals surface area contributed by atoms with Gasteiger partial charge in [0.25, 0.3) is 11.5 Å². The van der Waals surface area contributed by atoms with Crippen molar-refractivity contribution in [2.24, 2.45) is 13.0 Å². The molecule has 0 aromatic carbocycles. The van der Waals surface area contributed by atoms with E-state index in [4.69, 9.17) is 0 Å². The second-order valence-corrected chi connectivity index (χ2v) is 8.29. The lowest BCUT2D eigenvalue weighted by molar-refractivity contribution is 0.0940. The van der Waals surface area contributed by atoms with Gasteiger partial charge in [-0.15, -0.1) is 11.3 Å². The van der Waals surface area contributed by atoms with Crippen molar-refractivity contribution in [3.05, 3.63) is 32.2 Å². The fraction of sp³-hybridized carbons (Fsp3) is 0.579. The van der Waals surface area contributed by atoms with Crippen LogP contribution in [0.2, 0.25) is 0 Å². The maximum Gasteiger partial charge on any atom is 0.277 e. The van der Waals surface area contributed by atoms with E-state index in [-0.39, 0.29) is 17.5 Å². The van der Waals surface area contributed by atoms with E-state index in [9.17, 15) is 9.59 Å². The van der Waals surface area contributed by atoms with Crippen molar-refractivity contribution in [1.29, 1.82) is 0 Å². The third-order valence-corrected chi connectivity index (χ3v) is 5.67. The van der Waals surface area contributed by atoms with Gasteiger partial charge in [0, 0.05) is 13.1 Å². The molecule has 0 radical (unpaired) electrons. The molecule has 0 saturated carbocycles. The number of amides is 1. The van der Waals surface area contributed by atoms with Crippen LogP contribution in [0.3, 0.4) is 0 Å². The highest BCUT2D eigenvalue weighted by molar-refractivity contribution is 7.17. The van der Waals surface area contributed by atoms with Crippen LogP contribution in [-0.4, -0.2) is 26.7 Å². The van der Waals surface area contributed by atoms with Crippen LogP contribution in [-0.2, 0) is 7.05 Å². The summed E-state index contributed by atoms with van der Waals surface area (Å²) in [4.78, 5) is 30.2. The van der Waals surface area contributed by atoms with Gasteiger partial charge in [0.2, 0.25) is 0 Å². The molecule has 0 bridgehead atoms. The highest BCUT2D eigenvalue weighted by atomic mass is 32.1. The second kappa shape index (κ2) is 8.12. The van der Waals surface area contributed by atoms with Crippen LogP contribution in [0, 0.1) is 26.7 Å². The van der Waals surface area contributed by atoms with Crippen LogP contribution in [0.25, 0.3) is 10.6 Å². The molecule has 2 aromatic heterocycles. The van der Waals surface area contributed by atoms with Crippen molar-refractivity contribution in [3.63, 3.8) is 0 Å². The van der Waals surface area contributed by atoms with Crippen molar-refractivity contribution in [2.45, 2.75) is 60.4 Å². The number of aromatic nitrogens is 3. The smallest absolute Gasteiger partial charge is 0.277 e. The van der Waals surface area contributed by atoms with Gasteiger partial charge in [0.1, 0.15) is 9.88 Å². The molecule has 7 heteroatoms. The average molecular weight is 377 g/mol. The molecule has 6 nitrogen and oxygen atoms in total. The van der Waals surface area contributed by atoms with Gasteiger partial charge in [-0.1, -0.05) is 13.8 Å². The fourth-order valence-electron chi connectivity index (χ4n) is 2.76. The zero-order valence-electron chi connectivity index (χ0n) is 16.6. The number of thiazole rings is 1. The normalized spacial score (nSPS) is 12.5. The van der Waals surface area contributed by atoms with Crippen molar-refractivity contribution >= 4 is 17.2 Å². The first-order valence-electron chi connectivity index (χ1n) is 8.95. The molecule has 1 unspecified atom stereocenters. The summed E-state index contributed by atoms with van der Waals surface area (Å²) in [6.07, 6.45) is 2.01. The van der Waals surface area contributed by atoms with Gasteiger partial charge in [0.15, 0.2) is 0 Å². The summed E-state index contributed by atoms with van der Waals surface area (Å²) in [6.45, 7) is 11.9. The van der Waals surface area contributed by atoms with E-state index in [0.29, 0.717) is 27.1 Å². The molecule has 0 fully saturated rings. The average Bonchev–Trinajstić information content (AvgIpc) is 2.93. The Kier molecular flexibility index (Phi) is 6.34. The number of carbonyl (C=O) groups excluding carboxylic acids is 1. The number of carbonyl (C=O) groups is 1. The molecular formula is C19H28N4O2S. The summed E-state index contributed by atoms with van der Waals surface area (Å²) >= 11 is 1.27. The van der Waals surface area contributed by atoms with Crippen molar-refractivity contribution in [3.8, 4) is 10.6 Å². The Hall–Kier alpha value is -2.02. The third-order valence-electron chi connectivity index (χ3n) is 4.50. The van der Waals surface area contributed by atoms with Crippen molar-refractivity contribution in [2.75, 3.05) is 0 Å². The van der Waals surface area contributed by atoms with Gasteiger partial charge in [-0.25, -0.2) is 9.67 Å². The molecule has 2 heterocycles. The molecular weight excluding hydrogens is 348 g/mol. The number of hydrogen-bond donors (Lipinski definition) is 1. The summed E-state index contributed by atoms with van der Waals surface area (Å²) in [5, 5.41) is 7.82. The first kappa shape index (κ1) is 20.3. The fourth-order valence-corrected chi connectivity index (χ4v) is 3.82. The Morgan fingerprint density at radius 3 is 2.42 bits per heavy atom. The highest BCUT2D eigenvalue weighted by Gasteiger charge is 2.21. The molecule has 1 amide bonds. The number of nitrogens with one attached hydrogen (secondary N) is 1. The van der Waals surface area contributed by atoms with Gasteiger partial charge in [0.05, 0.1) is 17.0 Å². The summed E-state index contributed by atoms with van der Waals surface area (Å²) in [5.41, 5.74) is 2.57. The predicted octanol–water partition coefficient (Wildman–Crippen LogP) is 3.38. The summed E-state index contributed by atoms with van der Waals surface area (Å²) < 4.78 is 1.32. The maximum atomic E-state index is 12.6. The molecule has 2 rings (SSSR count). The van der Waals surface area contributed by atoms with Crippen LogP contribution in [0.1, 0.15) is 60.2 Å². The minimum absolute atomic E-state index is 0.104. The molecule has 26 heavy (non-hydrogen) atoms. The van der Waals surface area contributed by atoms with Crippen molar-refractivity contribution < 1.29 is 4.79 Å². The number of rotatable bonds is 6. The first-order chi connectivity index (χ1) is 12.1. The van der Waals surface area contributed by atoms with Crippen molar-refractivity contribution in [1.82, 2.24) is 20.1 Å². The van der Waals surface area contributed by atoms with Gasteiger partial charge in [-0.2, -0.15) is 5.10 Å². The van der Waals surface area contributed by atoms with Crippen LogP contribution in [0.15, 0.2) is 4.79 Å². The Bertz CT molecular complexity index is 867. The zero-order chi connectivity index (χ0) is 19.6. The minimum atomic E-state index is -0.195. The summed E-state index contributed by atoms with van der Waals surface area (Å²) in [5.74, 6) is 0.489. The van der Waals surface area contributed by atoms with Crippen LogP contribution in [0.5, 0.6) is 0 Å². The first-order valence-corrected chi connectivity index (χ1v) is 9.76. The van der Waals surface area contributed by atoms with Gasteiger partial charge >= 0.3 is 0 Å². The molecule has 0 aliphatic carbocycles. The highest BCUT2D eigenvalue weighted by Crippen LogP contribution is 2.28. The predicted molar refractivity (Wildman–Crippen MR) is 106 cm³/mol. The van der Waals surface area contributed by atoms with Crippen LogP contribution in [0.4, 0.5) is 0 Å².